The molecule has 0 spiro atoms. The largest absolute Gasteiger partial charge is 0.462 e. The van der Waals surface area contributed by atoms with E-state index in [0.29, 0.717) is 17.8 Å². The summed E-state index contributed by atoms with van der Waals surface area (Å²) in [6.45, 7) is 2.24. The van der Waals surface area contributed by atoms with Crippen LogP contribution < -0.4 is 10.6 Å². The normalized spacial score (nSPS) is 10.5. The first-order valence-electron chi connectivity index (χ1n) is 8.10. The van der Waals surface area contributed by atoms with Gasteiger partial charge in [0.1, 0.15) is 6.07 Å². The molecular weight excluding hydrogens is 330 g/mol. The van der Waals surface area contributed by atoms with Crippen LogP contribution in [0.1, 0.15) is 22.8 Å². The number of nitrogens with one attached hydrogen (secondary N) is 2. The molecule has 2 N–H and O–H groups in total. The molecule has 2 aromatic carbocycles. The molecule has 0 unspecified atom stereocenters. The number of nitriles is 1. The highest BCUT2D eigenvalue weighted by atomic mass is 16.5. The average molecular weight is 349 g/mol. The first-order valence-corrected chi connectivity index (χ1v) is 8.10. The summed E-state index contributed by atoms with van der Waals surface area (Å²) in [7, 11) is 0. The number of hydrogen-bond acceptors (Lipinski definition) is 5. The maximum atomic E-state index is 12.5. The van der Waals surface area contributed by atoms with Gasteiger partial charge in [0.15, 0.2) is 5.57 Å². The van der Waals surface area contributed by atoms with Crippen molar-refractivity contribution in [2.24, 2.45) is 0 Å². The number of nitrogens with zero attached hydrogens (tertiary/aromatic N) is 1. The second-order valence-corrected chi connectivity index (χ2v) is 5.25. The van der Waals surface area contributed by atoms with E-state index >= 15 is 0 Å². The van der Waals surface area contributed by atoms with Crippen molar-refractivity contribution in [3.63, 3.8) is 0 Å². The van der Waals surface area contributed by atoms with Gasteiger partial charge in [-0.2, -0.15) is 5.26 Å². The Labute approximate surface area is 152 Å². The smallest absolute Gasteiger partial charge is 0.350 e. The number of anilines is 1. The molecule has 0 aliphatic carbocycles. The van der Waals surface area contributed by atoms with Crippen LogP contribution in [0, 0.1) is 11.3 Å². The molecule has 0 bridgehead atoms. The number of amides is 1. The van der Waals surface area contributed by atoms with E-state index in [1.807, 2.05) is 30.3 Å². The van der Waals surface area contributed by atoms with Crippen LogP contribution in [-0.4, -0.2) is 18.5 Å². The molecule has 132 valence electrons. The van der Waals surface area contributed by atoms with E-state index in [1.54, 1.807) is 37.3 Å². The van der Waals surface area contributed by atoms with Crippen molar-refractivity contribution < 1.29 is 14.3 Å². The van der Waals surface area contributed by atoms with Crippen LogP contribution in [0.2, 0.25) is 0 Å². The number of rotatable bonds is 7. The molecule has 0 atom stereocenters. The third-order valence-electron chi connectivity index (χ3n) is 3.46. The molecule has 2 rings (SSSR count). The zero-order chi connectivity index (χ0) is 18.8. The number of esters is 1. The van der Waals surface area contributed by atoms with E-state index < -0.39 is 5.97 Å². The van der Waals surface area contributed by atoms with Crippen LogP contribution in [0.25, 0.3) is 0 Å². The summed E-state index contributed by atoms with van der Waals surface area (Å²) >= 11 is 0. The molecule has 0 saturated heterocycles. The zero-order valence-electron chi connectivity index (χ0n) is 14.4. The van der Waals surface area contributed by atoms with Gasteiger partial charge in [0.05, 0.1) is 17.9 Å². The summed E-state index contributed by atoms with van der Waals surface area (Å²) in [6.07, 6.45) is 1.24. The molecule has 0 aliphatic heterocycles. The Morgan fingerprint density at radius 2 is 1.81 bits per heavy atom. The second kappa shape index (κ2) is 9.64. The molecule has 0 heterocycles. The van der Waals surface area contributed by atoms with Crippen molar-refractivity contribution in [2.45, 2.75) is 13.5 Å². The minimum Gasteiger partial charge on any atom is -0.462 e. The Bertz CT molecular complexity index is 839. The Kier molecular flexibility index (Phi) is 6.95. The van der Waals surface area contributed by atoms with Gasteiger partial charge in [-0.05, 0) is 24.6 Å². The van der Waals surface area contributed by atoms with Gasteiger partial charge in [-0.1, -0.05) is 42.5 Å². The Morgan fingerprint density at radius 1 is 1.12 bits per heavy atom. The first kappa shape index (κ1) is 18.7. The molecule has 6 nitrogen and oxygen atoms in total. The predicted octanol–water partition coefficient (Wildman–Crippen LogP) is 3.00. The van der Waals surface area contributed by atoms with Gasteiger partial charge < -0.3 is 15.4 Å². The van der Waals surface area contributed by atoms with E-state index in [4.69, 9.17) is 10.00 Å². The summed E-state index contributed by atoms with van der Waals surface area (Å²) in [5.41, 5.74) is 1.70. The van der Waals surface area contributed by atoms with Gasteiger partial charge in [0.2, 0.25) is 0 Å². The Balaban J connectivity index is 2.10. The fourth-order valence-electron chi connectivity index (χ4n) is 2.18. The molecule has 0 saturated carbocycles. The SMILES string of the molecule is CCOC(=O)/C(C#N)=C/Nc1ccccc1C(=O)NCc1ccccc1. The van der Waals surface area contributed by atoms with Crippen molar-refractivity contribution in [3.8, 4) is 6.07 Å². The van der Waals surface area contributed by atoms with Crippen molar-refractivity contribution in [3.05, 3.63) is 77.5 Å². The van der Waals surface area contributed by atoms with Gasteiger partial charge in [0, 0.05) is 12.7 Å². The Hall–Kier alpha value is -3.59. The second-order valence-electron chi connectivity index (χ2n) is 5.25. The summed E-state index contributed by atoms with van der Waals surface area (Å²) in [5.74, 6) is -0.978. The highest BCUT2D eigenvalue weighted by molar-refractivity contribution is 6.00. The molecule has 2 aromatic rings. The summed E-state index contributed by atoms with van der Waals surface area (Å²) in [6, 6.07) is 18.2. The molecule has 0 fully saturated rings. The minimum absolute atomic E-state index is 0.175. The summed E-state index contributed by atoms with van der Waals surface area (Å²) in [5, 5.41) is 14.7. The lowest BCUT2D eigenvalue weighted by molar-refractivity contribution is -0.138. The first-order chi connectivity index (χ1) is 12.7. The Morgan fingerprint density at radius 3 is 2.50 bits per heavy atom. The third kappa shape index (κ3) is 5.21. The number of hydrogen-bond donors (Lipinski definition) is 2. The number of carbonyl (C=O) groups excluding carboxylic acids is 2. The quantitative estimate of drug-likeness (QED) is 0.455. The molecule has 26 heavy (non-hydrogen) atoms. The summed E-state index contributed by atoms with van der Waals surface area (Å²) < 4.78 is 4.80. The van der Waals surface area contributed by atoms with Gasteiger partial charge in [-0.3, -0.25) is 4.79 Å². The molecule has 6 heteroatoms. The van der Waals surface area contributed by atoms with E-state index in [9.17, 15) is 9.59 Å². The molecule has 0 aromatic heterocycles. The van der Waals surface area contributed by atoms with Crippen molar-refractivity contribution >= 4 is 17.6 Å². The fraction of sp³-hybridized carbons (Fsp3) is 0.150. The minimum atomic E-state index is -0.714. The highest BCUT2D eigenvalue weighted by Crippen LogP contribution is 2.16. The summed E-state index contributed by atoms with van der Waals surface area (Å²) in [4.78, 5) is 24.1. The van der Waals surface area contributed by atoms with Crippen molar-refractivity contribution in [2.75, 3.05) is 11.9 Å². The molecular formula is C20H19N3O3. The number of benzene rings is 2. The van der Waals surface area contributed by atoms with Gasteiger partial charge >= 0.3 is 5.97 Å². The van der Waals surface area contributed by atoms with E-state index in [0.717, 1.165) is 5.56 Å². The van der Waals surface area contributed by atoms with Gasteiger partial charge in [0.25, 0.3) is 5.91 Å². The van der Waals surface area contributed by atoms with Crippen LogP contribution in [-0.2, 0) is 16.1 Å². The lowest BCUT2D eigenvalue weighted by Crippen LogP contribution is -2.23. The lowest BCUT2D eigenvalue weighted by atomic mass is 10.1. The number of ether oxygens (including phenoxy) is 1. The van der Waals surface area contributed by atoms with Crippen LogP contribution >= 0.6 is 0 Å². The van der Waals surface area contributed by atoms with Gasteiger partial charge in [-0.25, -0.2) is 4.79 Å². The van der Waals surface area contributed by atoms with Crippen molar-refractivity contribution in [1.82, 2.24) is 5.32 Å². The topological polar surface area (TPSA) is 91.2 Å². The monoisotopic (exact) mass is 349 g/mol. The van der Waals surface area contributed by atoms with Crippen LogP contribution in [0.3, 0.4) is 0 Å². The van der Waals surface area contributed by atoms with Crippen LogP contribution in [0.15, 0.2) is 66.4 Å². The lowest BCUT2D eigenvalue weighted by Gasteiger charge is -2.10. The number of carbonyl (C=O) groups is 2. The van der Waals surface area contributed by atoms with E-state index in [1.165, 1.54) is 6.20 Å². The molecule has 0 aliphatic rings. The van der Waals surface area contributed by atoms with Crippen LogP contribution in [0.5, 0.6) is 0 Å². The van der Waals surface area contributed by atoms with Crippen LogP contribution in [0.4, 0.5) is 5.69 Å². The third-order valence-corrected chi connectivity index (χ3v) is 3.46. The molecule has 0 radical (unpaired) electrons. The standard InChI is InChI=1S/C20H19N3O3/c1-2-26-20(25)16(12-21)14-22-18-11-7-6-10-17(18)19(24)23-13-15-8-4-3-5-9-15/h3-11,14,22H,2,13H2,1H3,(H,23,24)/b16-14+. The van der Waals surface area contributed by atoms with E-state index in [-0.39, 0.29) is 18.1 Å². The maximum Gasteiger partial charge on any atom is 0.350 e. The zero-order valence-corrected chi connectivity index (χ0v) is 14.4. The molecule has 1 amide bonds. The fourth-order valence-corrected chi connectivity index (χ4v) is 2.18. The highest BCUT2D eigenvalue weighted by Gasteiger charge is 2.12. The maximum absolute atomic E-state index is 12.5. The van der Waals surface area contributed by atoms with Gasteiger partial charge in [-0.15, -0.1) is 0 Å². The number of para-hydroxylation sites is 1. The predicted molar refractivity (Wildman–Crippen MR) is 98.0 cm³/mol. The van der Waals surface area contributed by atoms with E-state index in [2.05, 4.69) is 10.6 Å². The van der Waals surface area contributed by atoms with Crippen molar-refractivity contribution in [1.29, 1.82) is 5.26 Å². The average Bonchev–Trinajstić information content (AvgIpc) is 2.68.